The summed E-state index contributed by atoms with van der Waals surface area (Å²) in [6, 6.07) is 13.8. The first-order valence-electron chi connectivity index (χ1n) is 8.63. The van der Waals surface area contributed by atoms with Gasteiger partial charge in [0.25, 0.3) is 0 Å². The van der Waals surface area contributed by atoms with Crippen molar-refractivity contribution in [3.05, 3.63) is 59.2 Å². The molecule has 1 saturated heterocycles. The third-order valence-electron chi connectivity index (χ3n) is 3.72. The second-order valence-electron chi connectivity index (χ2n) is 5.90. The van der Waals surface area contributed by atoms with E-state index in [9.17, 15) is 4.79 Å². The van der Waals surface area contributed by atoms with E-state index in [1.807, 2.05) is 25.1 Å². The molecule has 0 spiro atoms. The van der Waals surface area contributed by atoms with Gasteiger partial charge >= 0.3 is 0 Å². The number of hydrogen-bond donors (Lipinski definition) is 1. The molecule has 1 aliphatic rings. The predicted octanol–water partition coefficient (Wildman–Crippen LogP) is 3.53. The molecular weight excluding hydrogens is 362 g/mol. The van der Waals surface area contributed by atoms with Gasteiger partial charge in [-0.2, -0.15) is 5.10 Å². The van der Waals surface area contributed by atoms with Crippen molar-refractivity contribution in [2.24, 2.45) is 10.2 Å². The molecule has 0 atom stereocenters. The van der Waals surface area contributed by atoms with Crippen LogP contribution in [0.15, 0.2) is 52.7 Å². The van der Waals surface area contributed by atoms with Gasteiger partial charge in [-0.1, -0.05) is 41.6 Å². The molecule has 2 aromatic carbocycles. The van der Waals surface area contributed by atoms with Crippen LogP contribution in [0.25, 0.3) is 0 Å². The molecule has 0 radical (unpaired) electrons. The molecule has 1 amide bonds. The van der Waals surface area contributed by atoms with Gasteiger partial charge in [-0.3, -0.25) is 4.79 Å². The lowest BCUT2D eigenvalue weighted by molar-refractivity contribution is -0.116. The third-order valence-corrected chi connectivity index (χ3v) is 4.59. The van der Waals surface area contributed by atoms with Crippen molar-refractivity contribution in [3.63, 3.8) is 0 Å². The Labute approximate surface area is 162 Å². The molecule has 0 saturated carbocycles. The van der Waals surface area contributed by atoms with Crippen LogP contribution < -0.4 is 14.8 Å². The van der Waals surface area contributed by atoms with Gasteiger partial charge in [-0.05, 0) is 43.2 Å². The number of aryl methyl sites for hydroxylation is 1. The number of benzene rings is 2. The third kappa shape index (κ3) is 5.59. The van der Waals surface area contributed by atoms with Crippen LogP contribution in [0.3, 0.4) is 0 Å². The van der Waals surface area contributed by atoms with Crippen LogP contribution in [0, 0.1) is 6.92 Å². The van der Waals surface area contributed by atoms with Crippen molar-refractivity contribution in [2.45, 2.75) is 20.5 Å². The summed E-state index contributed by atoms with van der Waals surface area (Å²) in [5, 5.41) is 11.2. The van der Waals surface area contributed by atoms with E-state index in [2.05, 4.69) is 46.7 Å². The number of amides is 1. The molecule has 1 aliphatic heterocycles. The average Bonchev–Trinajstić information content (AvgIpc) is 3.08. The maximum atomic E-state index is 11.1. The summed E-state index contributed by atoms with van der Waals surface area (Å²) in [5.41, 5.74) is 3.15. The van der Waals surface area contributed by atoms with Crippen LogP contribution in [-0.2, 0) is 11.4 Å². The summed E-state index contributed by atoms with van der Waals surface area (Å²) in [5.74, 6) is 1.67. The first-order chi connectivity index (χ1) is 13.1. The number of carbonyl (C=O) groups is 1. The Bertz CT molecular complexity index is 863. The lowest BCUT2D eigenvalue weighted by atomic mass is 10.2. The number of ether oxygens (including phenoxy) is 2. The van der Waals surface area contributed by atoms with E-state index in [-0.39, 0.29) is 5.91 Å². The SMILES string of the molecule is CCOc1cc(C=NN=C2NC(=O)CS2)ccc1OCc1ccc(C)cc1. The van der Waals surface area contributed by atoms with E-state index in [0.717, 1.165) is 11.1 Å². The van der Waals surface area contributed by atoms with Crippen LogP contribution in [0.5, 0.6) is 11.5 Å². The largest absolute Gasteiger partial charge is 0.490 e. The Morgan fingerprint density at radius 3 is 2.67 bits per heavy atom. The molecule has 1 N–H and O–H groups in total. The number of thioether (sulfide) groups is 1. The number of nitrogens with one attached hydrogen (secondary N) is 1. The molecule has 1 heterocycles. The molecule has 0 aliphatic carbocycles. The number of hydrogen-bond acceptors (Lipinski definition) is 6. The van der Waals surface area contributed by atoms with Crippen LogP contribution in [-0.4, -0.2) is 29.6 Å². The minimum atomic E-state index is -0.0531. The van der Waals surface area contributed by atoms with Crippen LogP contribution in [0.1, 0.15) is 23.6 Å². The molecule has 0 aromatic heterocycles. The first kappa shape index (κ1) is 19.0. The Morgan fingerprint density at radius 1 is 1.15 bits per heavy atom. The van der Waals surface area contributed by atoms with Gasteiger partial charge < -0.3 is 14.8 Å². The molecule has 0 bridgehead atoms. The van der Waals surface area contributed by atoms with Gasteiger partial charge in [0.1, 0.15) is 6.61 Å². The Kier molecular flexibility index (Phi) is 6.49. The van der Waals surface area contributed by atoms with Gasteiger partial charge in [0.2, 0.25) is 5.91 Å². The standard InChI is InChI=1S/C20H21N3O3S/c1-3-25-18-10-16(11-21-23-20-22-19(24)13-27-20)8-9-17(18)26-12-15-6-4-14(2)5-7-15/h4-11H,3,12-13H2,1-2H3,(H,22,23,24). The summed E-state index contributed by atoms with van der Waals surface area (Å²) in [7, 11) is 0. The van der Waals surface area contributed by atoms with Crippen molar-refractivity contribution >= 4 is 29.1 Å². The summed E-state index contributed by atoms with van der Waals surface area (Å²) in [6.07, 6.45) is 1.62. The minimum absolute atomic E-state index is 0.0531. The van der Waals surface area contributed by atoms with E-state index >= 15 is 0 Å². The molecule has 1 fully saturated rings. The average molecular weight is 383 g/mol. The van der Waals surface area contributed by atoms with Crippen LogP contribution in [0.4, 0.5) is 0 Å². The zero-order chi connectivity index (χ0) is 19.1. The lowest BCUT2D eigenvalue weighted by Crippen LogP contribution is -2.19. The van der Waals surface area contributed by atoms with Gasteiger partial charge in [0, 0.05) is 0 Å². The number of carbonyl (C=O) groups excluding carboxylic acids is 1. The van der Waals surface area contributed by atoms with Crippen LogP contribution >= 0.6 is 11.8 Å². The number of nitrogens with zero attached hydrogens (tertiary/aromatic N) is 2. The lowest BCUT2D eigenvalue weighted by Gasteiger charge is -2.12. The molecule has 2 aromatic rings. The van der Waals surface area contributed by atoms with E-state index in [1.54, 1.807) is 6.21 Å². The molecule has 6 nitrogen and oxygen atoms in total. The Balaban J connectivity index is 1.68. The number of rotatable bonds is 7. The fourth-order valence-electron chi connectivity index (χ4n) is 2.37. The van der Waals surface area contributed by atoms with E-state index in [4.69, 9.17) is 9.47 Å². The molecular formula is C20H21N3O3S. The van der Waals surface area contributed by atoms with Crippen molar-refractivity contribution in [1.82, 2.24) is 5.32 Å². The summed E-state index contributed by atoms with van der Waals surface area (Å²) >= 11 is 1.34. The zero-order valence-corrected chi connectivity index (χ0v) is 16.1. The molecule has 0 unspecified atom stereocenters. The van der Waals surface area contributed by atoms with Gasteiger partial charge in [-0.25, -0.2) is 0 Å². The Hall–Kier alpha value is -2.80. The van der Waals surface area contributed by atoms with Crippen molar-refractivity contribution in [1.29, 1.82) is 0 Å². The highest BCUT2D eigenvalue weighted by atomic mass is 32.2. The van der Waals surface area contributed by atoms with E-state index < -0.39 is 0 Å². The van der Waals surface area contributed by atoms with E-state index in [1.165, 1.54) is 17.3 Å². The van der Waals surface area contributed by atoms with Crippen molar-refractivity contribution in [2.75, 3.05) is 12.4 Å². The van der Waals surface area contributed by atoms with Crippen molar-refractivity contribution in [3.8, 4) is 11.5 Å². The summed E-state index contributed by atoms with van der Waals surface area (Å²) in [4.78, 5) is 11.1. The zero-order valence-electron chi connectivity index (χ0n) is 15.3. The van der Waals surface area contributed by atoms with Gasteiger partial charge in [0.05, 0.1) is 18.6 Å². The fraction of sp³-hybridized carbons (Fsp3) is 0.250. The highest BCUT2D eigenvalue weighted by molar-refractivity contribution is 8.15. The van der Waals surface area contributed by atoms with Gasteiger partial charge in [-0.15, -0.1) is 5.10 Å². The van der Waals surface area contributed by atoms with Crippen LogP contribution in [0.2, 0.25) is 0 Å². The highest BCUT2D eigenvalue weighted by Crippen LogP contribution is 2.29. The first-order valence-corrected chi connectivity index (χ1v) is 9.61. The Morgan fingerprint density at radius 2 is 1.96 bits per heavy atom. The second kappa shape index (κ2) is 9.23. The normalized spacial score (nSPS) is 15.3. The van der Waals surface area contributed by atoms with E-state index in [0.29, 0.717) is 35.6 Å². The quantitative estimate of drug-likeness (QED) is 0.586. The smallest absolute Gasteiger partial charge is 0.236 e. The monoisotopic (exact) mass is 383 g/mol. The van der Waals surface area contributed by atoms with Crippen molar-refractivity contribution < 1.29 is 14.3 Å². The highest BCUT2D eigenvalue weighted by Gasteiger charge is 2.16. The topological polar surface area (TPSA) is 72.3 Å². The minimum Gasteiger partial charge on any atom is -0.490 e. The second-order valence-corrected chi connectivity index (χ2v) is 6.86. The maximum Gasteiger partial charge on any atom is 0.236 e. The molecule has 7 heteroatoms. The summed E-state index contributed by atoms with van der Waals surface area (Å²) in [6.45, 7) is 4.99. The maximum absolute atomic E-state index is 11.1. The number of amidine groups is 1. The fourth-order valence-corrected chi connectivity index (χ4v) is 3.00. The predicted molar refractivity (Wildman–Crippen MR) is 109 cm³/mol. The molecule has 27 heavy (non-hydrogen) atoms. The summed E-state index contributed by atoms with van der Waals surface area (Å²) < 4.78 is 11.6. The molecule has 3 rings (SSSR count). The molecule has 140 valence electrons. The van der Waals surface area contributed by atoms with Gasteiger partial charge in [0.15, 0.2) is 16.7 Å².